The fraction of sp³-hybridized carbons (Fsp3) is 0.250. The molecule has 2 heterocycles. The summed E-state index contributed by atoms with van der Waals surface area (Å²) in [6, 6.07) is 8.49. The third kappa shape index (κ3) is 5.22. The molecule has 0 unspecified atom stereocenters. The van der Waals surface area contributed by atoms with Gasteiger partial charge < -0.3 is 10.1 Å². The molecule has 0 aliphatic heterocycles. The number of nitriles is 1. The van der Waals surface area contributed by atoms with Crippen LogP contribution in [-0.2, 0) is 9.84 Å². The lowest BCUT2D eigenvalue weighted by Gasteiger charge is -2.14. The molecule has 10 nitrogen and oxygen atoms in total. The molecular formula is C20H19ClN6O4S. The highest BCUT2D eigenvalue weighted by atomic mass is 35.5. The highest BCUT2D eigenvalue weighted by Crippen LogP contribution is 2.22. The van der Waals surface area contributed by atoms with Gasteiger partial charge in [0.05, 0.1) is 23.1 Å². The molecule has 2 aromatic heterocycles. The molecule has 166 valence electrons. The smallest absolute Gasteiger partial charge is 0.336 e. The van der Waals surface area contributed by atoms with E-state index in [0.717, 1.165) is 6.26 Å². The average Bonchev–Trinajstić information content (AvgIpc) is 3.17. The van der Waals surface area contributed by atoms with Gasteiger partial charge in [-0.3, -0.25) is 4.79 Å². The molecule has 1 amide bonds. The molecule has 0 saturated carbocycles. The molecule has 3 rings (SSSR count). The van der Waals surface area contributed by atoms with Crippen LogP contribution in [-0.4, -0.2) is 46.9 Å². The minimum Gasteiger partial charge on any atom is -0.463 e. The molecule has 0 aliphatic rings. The van der Waals surface area contributed by atoms with Crippen molar-refractivity contribution >= 4 is 27.3 Å². The number of sulfone groups is 1. The zero-order valence-corrected chi connectivity index (χ0v) is 19.0. The number of carbonyl (C=O) groups excluding carboxylic acids is 1. The van der Waals surface area contributed by atoms with Gasteiger partial charge in [0.2, 0.25) is 0 Å². The summed E-state index contributed by atoms with van der Waals surface area (Å²) in [4.78, 5) is 21.3. The number of aromatic nitrogens is 4. The maximum absolute atomic E-state index is 12.8. The first-order valence-electron chi connectivity index (χ1n) is 9.40. The van der Waals surface area contributed by atoms with Crippen molar-refractivity contribution in [3.05, 3.63) is 58.5 Å². The lowest BCUT2D eigenvalue weighted by atomic mass is 10.2. The van der Waals surface area contributed by atoms with E-state index in [0.29, 0.717) is 23.8 Å². The number of nitrogens with zero attached hydrogens (tertiary/aromatic N) is 5. The van der Waals surface area contributed by atoms with Gasteiger partial charge >= 0.3 is 6.01 Å². The minimum atomic E-state index is -3.55. The Hall–Kier alpha value is -3.49. The maximum atomic E-state index is 12.8. The molecule has 0 fully saturated rings. The molecular weight excluding hydrogens is 456 g/mol. The summed E-state index contributed by atoms with van der Waals surface area (Å²) in [7, 11) is -3.55. The van der Waals surface area contributed by atoms with Crippen LogP contribution in [0.4, 0.5) is 0 Å². The highest BCUT2D eigenvalue weighted by molar-refractivity contribution is 7.90. The first-order valence-corrected chi connectivity index (χ1v) is 11.7. The number of nitrogens with one attached hydrogen (secondary N) is 1. The van der Waals surface area contributed by atoms with E-state index in [1.807, 2.05) is 6.07 Å². The molecule has 3 aromatic rings. The second-order valence-electron chi connectivity index (χ2n) is 6.76. The molecule has 1 N–H and O–H groups in total. The van der Waals surface area contributed by atoms with Gasteiger partial charge in [-0.15, -0.1) is 5.10 Å². The fourth-order valence-corrected chi connectivity index (χ4v) is 3.76. The van der Waals surface area contributed by atoms with Gasteiger partial charge in [0, 0.05) is 23.0 Å². The van der Waals surface area contributed by atoms with Gasteiger partial charge in [-0.25, -0.2) is 13.4 Å². The van der Waals surface area contributed by atoms with Crippen LogP contribution in [0.2, 0.25) is 5.02 Å². The van der Waals surface area contributed by atoms with Crippen LogP contribution in [0.25, 0.3) is 5.82 Å². The van der Waals surface area contributed by atoms with Crippen molar-refractivity contribution in [3.63, 3.8) is 0 Å². The van der Waals surface area contributed by atoms with E-state index in [2.05, 4.69) is 20.4 Å². The van der Waals surface area contributed by atoms with E-state index in [9.17, 15) is 13.2 Å². The van der Waals surface area contributed by atoms with Gasteiger partial charge in [0.25, 0.3) is 5.91 Å². The standard InChI is InChI=1S/C20H19ClN6O4S/c1-4-31-20-25-18(27(26-20)17-6-5-13(10-22)11-23-17)12(2)24-19(28)14-7-15(21)9-16(8-14)32(3,29)30/h5-9,11-12H,4H2,1-3H3,(H,24,28)/t12-/m0/s1. The predicted octanol–water partition coefficient (Wildman–Crippen LogP) is 2.48. The maximum Gasteiger partial charge on any atom is 0.336 e. The van der Waals surface area contributed by atoms with E-state index in [1.54, 1.807) is 26.0 Å². The normalized spacial score (nSPS) is 12.1. The summed E-state index contributed by atoms with van der Waals surface area (Å²) >= 11 is 6.00. The zero-order chi connectivity index (χ0) is 23.5. The van der Waals surface area contributed by atoms with E-state index < -0.39 is 21.8 Å². The molecule has 1 atom stereocenters. The van der Waals surface area contributed by atoms with E-state index >= 15 is 0 Å². The van der Waals surface area contributed by atoms with E-state index in [4.69, 9.17) is 21.6 Å². The summed E-state index contributed by atoms with van der Waals surface area (Å²) < 4.78 is 30.5. The first-order chi connectivity index (χ1) is 15.1. The molecule has 1 aromatic carbocycles. The predicted molar refractivity (Wildman–Crippen MR) is 115 cm³/mol. The van der Waals surface area contributed by atoms with Crippen molar-refractivity contribution in [1.82, 2.24) is 25.1 Å². The van der Waals surface area contributed by atoms with Crippen LogP contribution in [0.5, 0.6) is 6.01 Å². The number of hydrogen-bond acceptors (Lipinski definition) is 8. The number of hydrogen-bond donors (Lipinski definition) is 1. The number of carbonyl (C=O) groups is 1. The fourth-order valence-electron chi connectivity index (χ4n) is 2.77. The highest BCUT2D eigenvalue weighted by Gasteiger charge is 2.22. The summed E-state index contributed by atoms with van der Waals surface area (Å²) in [6.07, 6.45) is 2.42. The number of benzene rings is 1. The van der Waals surface area contributed by atoms with Crippen molar-refractivity contribution < 1.29 is 17.9 Å². The molecule has 12 heteroatoms. The lowest BCUT2D eigenvalue weighted by molar-refractivity contribution is 0.0937. The molecule has 0 radical (unpaired) electrons. The molecule has 0 aliphatic carbocycles. The van der Waals surface area contributed by atoms with E-state index in [1.165, 1.54) is 29.1 Å². The second-order valence-corrected chi connectivity index (χ2v) is 9.21. The summed E-state index contributed by atoms with van der Waals surface area (Å²) in [5, 5.41) is 16.1. The van der Waals surface area contributed by atoms with Crippen LogP contribution >= 0.6 is 11.6 Å². The Kier molecular flexibility index (Phi) is 6.76. The van der Waals surface area contributed by atoms with Gasteiger partial charge in [-0.1, -0.05) is 11.6 Å². The molecule has 0 saturated heterocycles. The Bertz CT molecular complexity index is 1300. The van der Waals surface area contributed by atoms with Crippen molar-refractivity contribution in [2.75, 3.05) is 12.9 Å². The van der Waals surface area contributed by atoms with Gasteiger partial charge in [0.15, 0.2) is 21.5 Å². The largest absolute Gasteiger partial charge is 0.463 e. The molecule has 32 heavy (non-hydrogen) atoms. The van der Waals surface area contributed by atoms with Crippen molar-refractivity contribution in [3.8, 4) is 17.9 Å². The van der Waals surface area contributed by atoms with Crippen LogP contribution in [0.3, 0.4) is 0 Å². The van der Waals surface area contributed by atoms with Crippen LogP contribution in [0, 0.1) is 11.3 Å². The van der Waals surface area contributed by atoms with Crippen LogP contribution in [0.15, 0.2) is 41.4 Å². The summed E-state index contributed by atoms with van der Waals surface area (Å²) in [5.41, 5.74) is 0.460. The van der Waals surface area contributed by atoms with Crippen LogP contribution < -0.4 is 10.1 Å². The van der Waals surface area contributed by atoms with E-state index in [-0.39, 0.29) is 21.5 Å². The van der Waals surface area contributed by atoms with Crippen molar-refractivity contribution in [1.29, 1.82) is 5.26 Å². The lowest BCUT2D eigenvalue weighted by Crippen LogP contribution is -2.29. The number of amides is 1. The third-order valence-electron chi connectivity index (χ3n) is 4.28. The minimum absolute atomic E-state index is 0.0635. The number of ether oxygens (including phenoxy) is 1. The summed E-state index contributed by atoms with van der Waals surface area (Å²) in [6.45, 7) is 3.80. The average molecular weight is 475 g/mol. The topological polar surface area (TPSA) is 140 Å². The number of rotatable bonds is 7. The Morgan fingerprint density at radius 2 is 2.09 bits per heavy atom. The third-order valence-corrected chi connectivity index (χ3v) is 5.59. The van der Waals surface area contributed by atoms with Gasteiger partial charge in [-0.2, -0.15) is 14.9 Å². The SMILES string of the molecule is CCOc1nc([C@H](C)NC(=O)c2cc(Cl)cc(S(C)(=O)=O)c2)n(-c2ccc(C#N)cn2)n1. The number of halogens is 1. The molecule has 0 bridgehead atoms. The Labute approximate surface area is 189 Å². The Balaban J connectivity index is 1.93. The Morgan fingerprint density at radius 1 is 1.34 bits per heavy atom. The number of pyridine rings is 1. The second kappa shape index (κ2) is 9.33. The quantitative estimate of drug-likeness (QED) is 0.550. The van der Waals surface area contributed by atoms with Gasteiger partial charge in [0.1, 0.15) is 6.07 Å². The first kappa shape index (κ1) is 23.2. The molecule has 0 spiro atoms. The Morgan fingerprint density at radius 3 is 2.69 bits per heavy atom. The monoisotopic (exact) mass is 474 g/mol. The van der Waals surface area contributed by atoms with Crippen LogP contribution in [0.1, 0.15) is 41.6 Å². The van der Waals surface area contributed by atoms with Crippen molar-refractivity contribution in [2.24, 2.45) is 0 Å². The summed E-state index contributed by atoms with van der Waals surface area (Å²) in [5.74, 6) is 0.148. The van der Waals surface area contributed by atoms with Gasteiger partial charge in [-0.05, 0) is 44.2 Å². The zero-order valence-electron chi connectivity index (χ0n) is 17.4. The van der Waals surface area contributed by atoms with Crippen molar-refractivity contribution in [2.45, 2.75) is 24.8 Å².